The summed E-state index contributed by atoms with van der Waals surface area (Å²) in [6, 6.07) is 7.72. The molecule has 1 aromatic carbocycles. The van der Waals surface area contributed by atoms with Gasteiger partial charge in [-0.1, -0.05) is 12.1 Å². The van der Waals surface area contributed by atoms with E-state index >= 15 is 0 Å². The number of ether oxygens (including phenoxy) is 2. The Hall–Kier alpha value is -1.97. The fourth-order valence-electron chi connectivity index (χ4n) is 1.65. The van der Waals surface area contributed by atoms with Crippen LogP contribution in [0.4, 0.5) is 0 Å². The number of rotatable bonds is 4. The normalized spacial score (nSPS) is 10.1. The lowest BCUT2D eigenvalue weighted by molar-refractivity contribution is 0.350. The molecule has 0 N–H and O–H groups in total. The second-order valence-corrected chi connectivity index (χ2v) is 3.36. The summed E-state index contributed by atoms with van der Waals surface area (Å²) in [5, 5.41) is 4.16. The molecular formula is C12H14N2O2. The summed E-state index contributed by atoms with van der Waals surface area (Å²) in [5.41, 5.74) is 1.05. The topological polar surface area (TPSA) is 36.3 Å². The largest absolute Gasteiger partial charge is 0.493 e. The van der Waals surface area contributed by atoms with Crippen molar-refractivity contribution in [2.24, 2.45) is 0 Å². The second-order valence-electron chi connectivity index (χ2n) is 3.36. The number of hydrogen-bond acceptors (Lipinski definition) is 3. The van der Waals surface area contributed by atoms with Crippen molar-refractivity contribution >= 4 is 0 Å². The first kappa shape index (κ1) is 10.5. The van der Waals surface area contributed by atoms with E-state index in [-0.39, 0.29) is 0 Å². The summed E-state index contributed by atoms with van der Waals surface area (Å²) in [5.74, 6) is 1.51. The standard InChI is InChI=1S/C12H14N2O2/c1-15-11-6-3-5-10(12(11)16-2)9-14-8-4-7-13-14/h3-8H,9H2,1-2H3. The molecule has 1 heterocycles. The Balaban J connectivity index is 2.33. The first-order chi connectivity index (χ1) is 7.85. The van der Waals surface area contributed by atoms with Crippen LogP contribution in [0.1, 0.15) is 5.56 Å². The molecule has 0 saturated carbocycles. The third-order valence-electron chi connectivity index (χ3n) is 2.38. The predicted octanol–water partition coefficient (Wildman–Crippen LogP) is 1.95. The van der Waals surface area contributed by atoms with Gasteiger partial charge >= 0.3 is 0 Å². The first-order valence-electron chi connectivity index (χ1n) is 5.02. The fourth-order valence-corrected chi connectivity index (χ4v) is 1.65. The molecule has 0 aliphatic carbocycles. The average Bonchev–Trinajstić information content (AvgIpc) is 2.81. The Morgan fingerprint density at radius 2 is 2.06 bits per heavy atom. The molecule has 0 spiro atoms. The van der Waals surface area contributed by atoms with Crippen LogP contribution in [0.15, 0.2) is 36.7 Å². The van der Waals surface area contributed by atoms with Crippen LogP contribution < -0.4 is 9.47 Å². The van der Waals surface area contributed by atoms with E-state index in [0.29, 0.717) is 6.54 Å². The van der Waals surface area contributed by atoms with Gasteiger partial charge in [-0.05, 0) is 12.1 Å². The van der Waals surface area contributed by atoms with E-state index < -0.39 is 0 Å². The van der Waals surface area contributed by atoms with Crippen molar-refractivity contribution in [3.8, 4) is 11.5 Å². The van der Waals surface area contributed by atoms with E-state index in [1.54, 1.807) is 20.4 Å². The minimum atomic E-state index is 0.674. The zero-order valence-corrected chi connectivity index (χ0v) is 9.38. The van der Waals surface area contributed by atoms with Gasteiger partial charge in [-0.3, -0.25) is 4.68 Å². The van der Waals surface area contributed by atoms with Gasteiger partial charge in [0.05, 0.1) is 20.8 Å². The van der Waals surface area contributed by atoms with E-state index in [2.05, 4.69) is 5.10 Å². The van der Waals surface area contributed by atoms with Crippen molar-refractivity contribution in [3.05, 3.63) is 42.2 Å². The molecule has 0 fully saturated rings. The van der Waals surface area contributed by atoms with Gasteiger partial charge in [0.25, 0.3) is 0 Å². The summed E-state index contributed by atoms with van der Waals surface area (Å²) in [6.45, 7) is 0.674. The molecule has 0 aliphatic rings. The van der Waals surface area contributed by atoms with Gasteiger partial charge in [0.15, 0.2) is 11.5 Å². The van der Waals surface area contributed by atoms with Crippen LogP contribution in [0.2, 0.25) is 0 Å². The maximum absolute atomic E-state index is 5.35. The Kier molecular flexibility index (Phi) is 3.10. The Labute approximate surface area is 94.4 Å². The Morgan fingerprint density at radius 1 is 1.19 bits per heavy atom. The van der Waals surface area contributed by atoms with Crippen LogP contribution >= 0.6 is 0 Å². The van der Waals surface area contributed by atoms with Crippen LogP contribution in [0.3, 0.4) is 0 Å². The third kappa shape index (κ3) is 2.00. The summed E-state index contributed by atoms with van der Waals surface area (Å²) in [7, 11) is 3.28. The molecule has 0 atom stereocenters. The molecule has 84 valence electrons. The van der Waals surface area contributed by atoms with Gasteiger partial charge in [-0.2, -0.15) is 5.10 Å². The summed E-state index contributed by atoms with van der Waals surface area (Å²) < 4.78 is 12.4. The third-order valence-corrected chi connectivity index (χ3v) is 2.38. The molecule has 4 heteroatoms. The number of nitrogens with zero attached hydrogens (tertiary/aromatic N) is 2. The van der Waals surface area contributed by atoms with Gasteiger partial charge in [-0.25, -0.2) is 0 Å². The molecule has 0 saturated heterocycles. The average molecular weight is 218 g/mol. The number of para-hydroxylation sites is 1. The molecule has 0 aliphatic heterocycles. The van der Waals surface area contributed by atoms with Gasteiger partial charge in [0, 0.05) is 18.0 Å². The molecule has 16 heavy (non-hydrogen) atoms. The molecule has 0 amide bonds. The van der Waals surface area contributed by atoms with Crippen molar-refractivity contribution in [3.63, 3.8) is 0 Å². The maximum Gasteiger partial charge on any atom is 0.165 e. The molecule has 2 rings (SSSR count). The molecule has 0 radical (unpaired) electrons. The molecule has 1 aromatic heterocycles. The van der Waals surface area contributed by atoms with E-state index in [4.69, 9.17) is 9.47 Å². The van der Waals surface area contributed by atoms with Crippen molar-refractivity contribution in [2.75, 3.05) is 14.2 Å². The molecule has 0 bridgehead atoms. The van der Waals surface area contributed by atoms with Crippen LogP contribution in [0.5, 0.6) is 11.5 Å². The predicted molar refractivity (Wildman–Crippen MR) is 60.9 cm³/mol. The lowest BCUT2D eigenvalue weighted by Crippen LogP contribution is -2.03. The highest BCUT2D eigenvalue weighted by molar-refractivity contribution is 5.46. The SMILES string of the molecule is COc1cccc(Cn2cccn2)c1OC. The maximum atomic E-state index is 5.35. The summed E-state index contributed by atoms with van der Waals surface area (Å²) in [6.07, 6.45) is 3.67. The molecule has 2 aromatic rings. The zero-order chi connectivity index (χ0) is 11.4. The Morgan fingerprint density at radius 3 is 2.69 bits per heavy atom. The van der Waals surface area contributed by atoms with Gasteiger partial charge in [0.2, 0.25) is 0 Å². The Bertz CT molecular complexity index is 452. The lowest BCUT2D eigenvalue weighted by atomic mass is 10.2. The first-order valence-corrected chi connectivity index (χ1v) is 5.02. The van der Waals surface area contributed by atoms with Crippen molar-refractivity contribution in [1.82, 2.24) is 9.78 Å². The van der Waals surface area contributed by atoms with Crippen LogP contribution in [0.25, 0.3) is 0 Å². The van der Waals surface area contributed by atoms with Gasteiger partial charge in [-0.15, -0.1) is 0 Å². The molecule has 4 nitrogen and oxygen atoms in total. The number of benzene rings is 1. The van der Waals surface area contributed by atoms with Crippen LogP contribution in [0, 0.1) is 0 Å². The molecule has 0 unspecified atom stereocenters. The fraction of sp³-hybridized carbons (Fsp3) is 0.250. The van der Waals surface area contributed by atoms with Crippen LogP contribution in [-0.2, 0) is 6.54 Å². The number of aromatic nitrogens is 2. The van der Waals surface area contributed by atoms with E-state index in [1.165, 1.54) is 0 Å². The second kappa shape index (κ2) is 4.70. The van der Waals surface area contributed by atoms with Gasteiger partial charge in [0.1, 0.15) is 0 Å². The molecular weight excluding hydrogens is 204 g/mol. The lowest BCUT2D eigenvalue weighted by Gasteiger charge is -2.12. The zero-order valence-electron chi connectivity index (χ0n) is 9.38. The van der Waals surface area contributed by atoms with E-state index in [0.717, 1.165) is 17.1 Å². The summed E-state index contributed by atoms with van der Waals surface area (Å²) in [4.78, 5) is 0. The van der Waals surface area contributed by atoms with Crippen molar-refractivity contribution in [2.45, 2.75) is 6.54 Å². The van der Waals surface area contributed by atoms with E-state index in [9.17, 15) is 0 Å². The highest BCUT2D eigenvalue weighted by Gasteiger charge is 2.09. The van der Waals surface area contributed by atoms with Crippen LogP contribution in [-0.4, -0.2) is 24.0 Å². The summed E-state index contributed by atoms with van der Waals surface area (Å²) >= 11 is 0. The smallest absolute Gasteiger partial charge is 0.165 e. The van der Waals surface area contributed by atoms with E-state index in [1.807, 2.05) is 35.1 Å². The number of methoxy groups -OCH3 is 2. The minimum Gasteiger partial charge on any atom is -0.493 e. The monoisotopic (exact) mass is 218 g/mol. The quantitative estimate of drug-likeness (QED) is 0.787. The van der Waals surface area contributed by atoms with Crippen molar-refractivity contribution < 1.29 is 9.47 Å². The number of hydrogen-bond donors (Lipinski definition) is 0. The van der Waals surface area contributed by atoms with Gasteiger partial charge < -0.3 is 9.47 Å². The highest BCUT2D eigenvalue weighted by atomic mass is 16.5. The minimum absolute atomic E-state index is 0.674. The highest BCUT2D eigenvalue weighted by Crippen LogP contribution is 2.30. The van der Waals surface area contributed by atoms with Crippen molar-refractivity contribution in [1.29, 1.82) is 0 Å².